The van der Waals surface area contributed by atoms with Crippen LogP contribution in [0.4, 0.5) is 34.6 Å². The van der Waals surface area contributed by atoms with E-state index in [1.54, 1.807) is 0 Å². The van der Waals surface area contributed by atoms with Crippen molar-refractivity contribution in [2.45, 2.75) is 30.9 Å². The van der Waals surface area contributed by atoms with Gasteiger partial charge in [0.25, 0.3) is 10.1 Å². The van der Waals surface area contributed by atoms with E-state index in [4.69, 9.17) is 16.2 Å². The maximum atomic E-state index is 14.0. The molecule has 5 aromatic carbocycles. The number of aliphatic imine (C=N–C) groups is 1. The van der Waals surface area contributed by atoms with Gasteiger partial charge in [-0.25, -0.2) is 37.9 Å². The van der Waals surface area contributed by atoms with Crippen LogP contribution in [0.15, 0.2) is 112 Å². The number of halogens is 1. The number of anilines is 3. The number of benzene rings is 5. The molecule has 74 heavy (non-hydrogen) atoms. The molecule has 0 bridgehead atoms. The molecule has 0 aliphatic rings. The zero-order valence-electron chi connectivity index (χ0n) is 38.5. The number of fused-ring (bicyclic) bond motifs is 2. The van der Waals surface area contributed by atoms with Crippen molar-refractivity contribution in [3.63, 3.8) is 0 Å². The first kappa shape index (κ1) is 70.9. The number of rotatable bonds is 18. The summed E-state index contributed by atoms with van der Waals surface area (Å²) in [4.78, 5) is 10.3. The quantitative estimate of drug-likeness (QED) is 0.0204. The molecule has 0 aliphatic heterocycles. The van der Waals surface area contributed by atoms with Gasteiger partial charge in [0, 0.05) is 28.4 Å². The molecule has 0 aliphatic carbocycles. The van der Waals surface area contributed by atoms with E-state index in [9.17, 15) is 78.9 Å². The predicted molar refractivity (Wildman–Crippen MR) is 230 cm³/mol. The molecular formula is C34H24ClN8Na5O20S6. The Morgan fingerprint density at radius 1 is 0.676 bits per heavy atom. The molecule has 0 atom stereocenters. The van der Waals surface area contributed by atoms with Crippen molar-refractivity contribution >= 4 is 134 Å². The Morgan fingerprint density at radius 2 is 1.30 bits per heavy atom. The van der Waals surface area contributed by atoms with Crippen LogP contribution in [0.3, 0.4) is 0 Å². The van der Waals surface area contributed by atoms with Crippen molar-refractivity contribution in [2.75, 3.05) is 29.5 Å². The summed E-state index contributed by atoms with van der Waals surface area (Å²) in [6, 6.07) is 10.6. The fourth-order valence-corrected chi connectivity index (χ4v) is 10.5. The van der Waals surface area contributed by atoms with E-state index < -0.39 is 161 Å². The van der Waals surface area contributed by atoms with Crippen LogP contribution in [-0.2, 0) is 64.9 Å². The summed E-state index contributed by atoms with van der Waals surface area (Å²) in [6.45, 7) is -1.31. The predicted octanol–water partition coefficient (Wildman–Crippen LogP) is -13.5. The third-order valence-electron chi connectivity index (χ3n) is 8.89. The Bertz CT molecular complexity index is 3890. The zero-order valence-corrected chi connectivity index (χ0v) is 54.2. The van der Waals surface area contributed by atoms with E-state index >= 15 is 0 Å². The van der Waals surface area contributed by atoms with Gasteiger partial charge in [-0.2, -0.15) is 31.8 Å². The van der Waals surface area contributed by atoms with Crippen molar-refractivity contribution in [1.82, 2.24) is 15.0 Å². The van der Waals surface area contributed by atoms with Gasteiger partial charge in [-0.3, -0.25) is 14.1 Å². The number of hydrogen-bond donors (Lipinski definition) is 4. The van der Waals surface area contributed by atoms with Gasteiger partial charge in [0.15, 0.2) is 9.84 Å². The van der Waals surface area contributed by atoms with Gasteiger partial charge in [-0.05, 0) is 77.8 Å². The topological polar surface area (TPSA) is 470 Å². The van der Waals surface area contributed by atoms with Crippen molar-refractivity contribution < 1.29 is 235 Å². The first-order valence-electron chi connectivity index (χ1n) is 18.1. The van der Waals surface area contributed by atoms with Crippen molar-refractivity contribution in [1.29, 1.82) is 0 Å². The van der Waals surface area contributed by atoms with Crippen LogP contribution in [0.5, 0.6) is 5.75 Å². The maximum absolute atomic E-state index is 14.0. The normalized spacial score (nSPS) is 12.4. The fraction of sp³-hybridized carbons (Fsp3) is 0.118. The summed E-state index contributed by atoms with van der Waals surface area (Å²) in [7, 11) is -31.0. The molecule has 40 heteroatoms. The Labute approximate surface area is 536 Å². The van der Waals surface area contributed by atoms with Crippen molar-refractivity contribution in [3.05, 3.63) is 78.1 Å². The van der Waals surface area contributed by atoms with E-state index in [-0.39, 0.29) is 170 Å². The maximum Gasteiger partial charge on any atom is 1.00 e. The second-order valence-corrected chi connectivity index (χ2v) is 22.5. The van der Waals surface area contributed by atoms with E-state index in [1.807, 2.05) is 0 Å². The van der Waals surface area contributed by atoms with Crippen LogP contribution >= 0.6 is 11.6 Å². The Hall–Kier alpha value is -1.15. The Kier molecular flexibility index (Phi) is 26.6. The minimum absolute atomic E-state index is 0. The minimum atomic E-state index is -5.80. The molecule has 1 heterocycles. The van der Waals surface area contributed by atoms with Gasteiger partial charge in [0.2, 0.25) is 17.2 Å². The number of hydrogen-bond acceptors (Lipinski definition) is 26. The summed E-state index contributed by atoms with van der Waals surface area (Å²) in [6.07, 6.45) is -0.646. The van der Waals surface area contributed by atoms with Crippen LogP contribution in [0.2, 0.25) is 5.28 Å². The number of nitrogens with one attached hydrogen (secondary N) is 2. The van der Waals surface area contributed by atoms with Crippen molar-refractivity contribution in [2.24, 2.45) is 15.2 Å². The molecule has 0 amide bonds. The summed E-state index contributed by atoms with van der Waals surface area (Å²) in [5.41, 5.74) is -3.10. The third kappa shape index (κ3) is 18.5. The first-order valence-corrected chi connectivity index (χ1v) is 27.1. The van der Waals surface area contributed by atoms with Crippen LogP contribution in [0.1, 0.15) is 6.42 Å². The Balaban J connectivity index is 0.00000548. The number of azo groups is 1. The average molecular weight is 1210 g/mol. The molecule has 0 spiro atoms. The standard InChI is InChI=1S/C34H29ClN8O20S6.5Na/c35-32-39-33(41-34(40-32)37-18-3-1-4-19(15-18)64(46,47)12-11-63-69(60,61)62)36-10-9-27(44)38-24-16-20(65(48,49)50)13-17-14-26(67(54,55)56)29(30(45)28(17)24)43-42-23-8-7-21-22(31(23)68(57,58)59)5-2-6-25(21)66(51,52)53;;;;;/h1-8,13-16,45H,9-12H2,(H,38,44)(H,48,49,50)(H,51,52,53)(H,54,55,56)(H,57,58,59)(H,60,61,62)(H2,36,37,39,40,41);;;;;/q;5*+1/p-5. The first-order chi connectivity index (χ1) is 31.8. The molecule has 0 radical (unpaired) electrons. The zero-order chi connectivity index (χ0) is 51.1. The monoisotopic (exact) mass is 1210 g/mol. The van der Waals surface area contributed by atoms with Gasteiger partial charge >= 0.3 is 158 Å². The summed E-state index contributed by atoms with van der Waals surface area (Å²) in [5, 5.41) is 36.3. The molecule has 1 aromatic heterocycles. The number of aromatic nitrogens is 3. The minimum Gasteiger partial charge on any atom is -0.870 e. The third-order valence-corrected chi connectivity index (χ3v) is 14.7. The van der Waals surface area contributed by atoms with Crippen LogP contribution in [-0.4, -0.2) is 113 Å². The van der Waals surface area contributed by atoms with Crippen LogP contribution in [0, 0.1) is 0 Å². The van der Waals surface area contributed by atoms with Crippen LogP contribution in [0.25, 0.3) is 21.5 Å². The fourth-order valence-electron chi connectivity index (χ4n) is 6.12. The Morgan fingerprint density at radius 3 is 1.89 bits per heavy atom. The van der Waals surface area contributed by atoms with Crippen LogP contribution < -0.4 is 169 Å². The van der Waals surface area contributed by atoms with Gasteiger partial charge < -0.3 is 34.5 Å². The average Bonchev–Trinajstić information content (AvgIpc) is 3.20. The number of nitrogens with zero attached hydrogens (tertiary/aromatic N) is 6. The van der Waals surface area contributed by atoms with Gasteiger partial charge in [-0.15, -0.1) is 10.2 Å². The smallest absolute Gasteiger partial charge is 0.870 e. The second-order valence-electron chi connectivity index (χ2n) is 13.6. The summed E-state index contributed by atoms with van der Waals surface area (Å²) < 4.78 is 204. The van der Waals surface area contributed by atoms with Gasteiger partial charge in [0.05, 0.1) is 43.3 Å². The van der Waals surface area contributed by atoms with Gasteiger partial charge in [-0.1, -0.05) is 30.0 Å². The van der Waals surface area contributed by atoms with E-state index in [2.05, 4.69) is 45.0 Å². The molecule has 4 N–H and O–H groups in total. The SMILES string of the molecule is O=S(=O)(O)OCCS(=O)(=O)c1cccc(Nc2nc(Cl)nc(NCCC([O-])=Nc3cc(S(=O)(=O)[O-])cc4cc(S(=O)(=O)[O-])c(N=Nc5ccc6c(S(=O)(=O)[O-])cccc6c5S(=O)(=O)O)c([O-])c34)n2)c1.[Na+].[Na+].[Na+].[Na+].[Na+]. The molecule has 0 unspecified atom stereocenters. The van der Waals surface area contributed by atoms with Crippen molar-refractivity contribution in [3.8, 4) is 5.75 Å². The molecule has 6 rings (SSSR count). The second kappa shape index (κ2) is 27.8. The molecule has 0 saturated heterocycles. The molecule has 0 saturated carbocycles. The molecular weight excluding hydrogens is 1180 g/mol. The summed E-state index contributed by atoms with van der Waals surface area (Å²) in [5.74, 6) is -4.20. The molecule has 368 valence electrons. The largest absolute Gasteiger partial charge is 1.00 e. The van der Waals surface area contributed by atoms with Gasteiger partial charge in [0.1, 0.15) is 40.9 Å². The molecule has 28 nitrogen and oxygen atoms in total. The molecule has 6 aromatic rings. The van der Waals surface area contributed by atoms with E-state index in [0.29, 0.717) is 24.3 Å². The van der Waals surface area contributed by atoms with E-state index in [1.165, 1.54) is 18.2 Å². The molecule has 0 fully saturated rings. The van der Waals surface area contributed by atoms with E-state index in [0.717, 1.165) is 30.3 Å². The number of sulfone groups is 1. The summed E-state index contributed by atoms with van der Waals surface area (Å²) >= 11 is 6.01.